The third-order valence-corrected chi connectivity index (χ3v) is 2.52. The Kier molecular flexibility index (Phi) is 8.80. The number of hydrogen-bond donors (Lipinski definition) is 2. The Hall–Kier alpha value is -2.08. The minimum atomic E-state index is -1.21. The van der Waals surface area contributed by atoms with E-state index in [4.69, 9.17) is 0 Å². The van der Waals surface area contributed by atoms with Crippen molar-refractivity contribution in [1.82, 2.24) is 5.32 Å². The zero-order valence-electron chi connectivity index (χ0n) is 11.8. The molecule has 0 saturated heterocycles. The molecule has 0 fully saturated rings. The monoisotopic (exact) mass is 353 g/mol. The number of fused-ring (bicyclic) bond motifs is 1. The summed E-state index contributed by atoms with van der Waals surface area (Å²) in [5.41, 5.74) is 0.856. The van der Waals surface area contributed by atoms with Gasteiger partial charge in [0.25, 0.3) is 5.52 Å². The first kappa shape index (κ1) is 18.9. The molecule has 0 bridgehead atoms. The maximum Gasteiger partial charge on any atom is 0.254 e. The molecule has 0 aliphatic carbocycles. The number of aromatic nitrogens is 1. The van der Waals surface area contributed by atoms with Gasteiger partial charge in [-0.2, -0.15) is 4.57 Å². The summed E-state index contributed by atoms with van der Waals surface area (Å²) in [6.45, 7) is 6.50. The van der Waals surface area contributed by atoms with E-state index in [0.717, 1.165) is 10.9 Å². The Balaban J connectivity index is 0.000000495. The second-order valence-corrected chi connectivity index (χ2v) is 3.98. The Morgan fingerprint density at radius 3 is 2.62 bits per heavy atom. The first-order valence-corrected chi connectivity index (χ1v) is 6.26. The zero-order valence-corrected chi connectivity index (χ0v) is 13.3. The lowest BCUT2D eigenvalue weighted by molar-refractivity contribution is -0.661. The van der Waals surface area contributed by atoms with Crippen molar-refractivity contribution in [1.29, 1.82) is 0 Å². The van der Waals surface area contributed by atoms with Gasteiger partial charge < -0.3 is 37.3 Å². The summed E-state index contributed by atoms with van der Waals surface area (Å²) in [7, 11) is 0. The molecule has 2 N–H and O–H groups in total. The molecule has 0 radical (unpaired) electrons. The van der Waals surface area contributed by atoms with E-state index in [-0.39, 0.29) is 17.0 Å². The van der Waals surface area contributed by atoms with Crippen LogP contribution in [0.5, 0.6) is 5.75 Å². The highest BCUT2D eigenvalue weighted by Crippen LogP contribution is 2.19. The van der Waals surface area contributed by atoms with Crippen molar-refractivity contribution in [2.24, 2.45) is 0 Å². The van der Waals surface area contributed by atoms with Gasteiger partial charge in [0.05, 0.1) is 5.39 Å². The average molecular weight is 354 g/mol. The predicted molar refractivity (Wildman–Crippen MR) is 75.1 cm³/mol. The van der Waals surface area contributed by atoms with Gasteiger partial charge >= 0.3 is 0 Å². The van der Waals surface area contributed by atoms with Crippen molar-refractivity contribution < 1.29 is 36.6 Å². The van der Waals surface area contributed by atoms with E-state index in [1.165, 1.54) is 0 Å². The topological polar surface area (TPSA) is 76.3 Å². The van der Waals surface area contributed by atoms with Crippen LogP contribution in [0.2, 0.25) is 0 Å². The van der Waals surface area contributed by atoms with Crippen LogP contribution < -0.4 is 32.0 Å². The molecule has 0 atom stereocenters. The van der Waals surface area contributed by atoms with Crippen molar-refractivity contribution in [3.63, 3.8) is 0 Å². The number of carbonyl (C=O) groups is 1. The predicted octanol–water partition coefficient (Wildman–Crippen LogP) is -2.04. The number of para-hydroxylation sites is 1. The highest BCUT2D eigenvalue weighted by molar-refractivity contribution is 5.80. The summed E-state index contributed by atoms with van der Waals surface area (Å²) in [6, 6.07) is 9.46. The third kappa shape index (κ3) is 5.83. The van der Waals surface area contributed by atoms with Crippen molar-refractivity contribution in [2.45, 2.75) is 13.5 Å². The highest BCUT2D eigenvalue weighted by Gasteiger charge is 2.10. The number of phenolic OH excluding ortho intramolecular Hbond substituents is 1. The Morgan fingerprint density at radius 1 is 1.43 bits per heavy atom. The molecule has 2 aromatic rings. The third-order valence-electron chi connectivity index (χ3n) is 2.52. The summed E-state index contributed by atoms with van der Waals surface area (Å²) in [6.07, 6.45) is 2.54. The lowest BCUT2D eigenvalue weighted by Crippen LogP contribution is -3.00. The molecule has 6 heteroatoms. The van der Waals surface area contributed by atoms with Gasteiger partial charge in [0.1, 0.15) is 6.09 Å². The number of carboxylic acid groups (broad SMARTS) is 1. The number of carbonyl (C=O) groups excluding carboxylic acids is 1. The molecule has 0 aliphatic rings. The molecule has 1 amide bonds. The molecule has 0 spiro atoms. The van der Waals surface area contributed by atoms with Crippen LogP contribution in [-0.2, 0) is 6.54 Å². The fourth-order valence-corrected chi connectivity index (χ4v) is 1.76. The van der Waals surface area contributed by atoms with E-state index in [1.807, 2.05) is 46.4 Å². The van der Waals surface area contributed by atoms with Gasteiger partial charge in [-0.05, 0) is 31.2 Å². The number of nitrogens with zero attached hydrogens (tertiary/aromatic N) is 1. The van der Waals surface area contributed by atoms with Crippen LogP contribution in [0.1, 0.15) is 6.92 Å². The minimum absolute atomic E-state index is 0. The van der Waals surface area contributed by atoms with Crippen LogP contribution in [0, 0.1) is 0 Å². The van der Waals surface area contributed by atoms with Crippen molar-refractivity contribution >= 4 is 17.0 Å². The Bertz CT molecular complexity index is 597. The lowest BCUT2D eigenvalue weighted by atomic mass is 10.2. The van der Waals surface area contributed by atoms with Crippen LogP contribution in [-0.4, -0.2) is 17.7 Å². The number of nitrogens with one attached hydrogen (secondary N) is 1. The molecule has 1 aromatic carbocycles. The van der Waals surface area contributed by atoms with Crippen LogP contribution in [0.25, 0.3) is 10.9 Å². The molecule has 21 heavy (non-hydrogen) atoms. The fourth-order valence-electron chi connectivity index (χ4n) is 1.76. The summed E-state index contributed by atoms with van der Waals surface area (Å²) < 4.78 is 1.97. The van der Waals surface area contributed by atoms with Crippen LogP contribution in [0.4, 0.5) is 4.79 Å². The van der Waals surface area contributed by atoms with Gasteiger partial charge in [-0.1, -0.05) is 12.6 Å². The summed E-state index contributed by atoms with van der Waals surface area (Å²) in [5.74, 6) is 0.310. The highest BCUT2D eigenvalue weighted by atomic mass is 79.9. The van der Waals surface area contributed by atoms with Gasteiger partial charge in [0.2, 0.25) is 0 Å². The molecular weight excluding hydrogens is 336 g/mol. The summed E-state index contributed by atoms with van der Waals surface area (Å²) in [4.78, 5) is 9.38. The van der Waals surface area contributed by atoms with Crippen molar-refractivity contribution in [2.75, 3.05) is 6.54 Å². The van der Waals surface area contributed by atoms with Gasteiger partial charge in [-0.15, -0.1) is 0 Å². The van der Waals surface area contributed by atoms with Gasteiger partial charge in [-0.25, -0.2) is 0 Å². The number of allylic oxidation sites excluding steroid dienone is 1. The number of rotatable bonds is 3. The SMILES string of the molecule is C=CC[n+]1cccc2cccc(O)c21.CCNC(=O)[O-].[Br-]. The molecule has 0 saturated carbocycles. The molecule has 2 rings (SSSR count). The zero-order chi connectivity index (χ0) is 15.0. The number of hydrogen-bond acceptors (Lipinski definition) is 3. The lowest BCUT2D eigenvalue weighted by Gasteiger charge is -1.99. The van der Waals surface area contributed by atoms with Crippen LogP contribution in [0.3, 0.4) is 0 Å². The summed E-state index contributed by atoms with van der Waals surface area (Å²) >= 11 is 0. The smallest absolute Gasteiger partial charge is 0.254 e. The minimum Gasteiger partial charge on any atom is -1.00 e. The van der Waals surface area contributed by atoms with Crippen LogP contribution in [0.15, 0.2) is 49.2 Å². The summed E-state index contributed by atoms with van der Waals surface area (Å²) in [5, 5.41) is 22.2. The first-order chi connectivity index (χ1) is 9.60. The second kappa shape index (κ2) is 9.77. The first-order valence-electron chi connectivity index (χ1n) is 6.26. The Labute approximate surface area is 134 Å². The van der Waals surface area contributed by atoms with E-state index >= 15 is 0 Å². The number of aromatic hydroxyl groups is 1. The normalized spacial score (nSPS) is 9.00. The Morgan fingerprint density at radius 2 is 2.10 bits per heavy atom. The van der Waals surface area contributed by atoms with Crippen molar-refractivity contribution in [3.05, 3.63) is 49.2 Å². The number of benzene rings is 1. The average Bonchev–Trinajstić information content (AvgIpc) is 2.40. The fraction of sp³-hybridized carbons (Fsp3) is 0.200. The number of halogens is 1. The molecule has 5 nitrogen and oxygen atoms in total. The number of pyridine rings is 1. The maximum atomic E-state index is 9.72. The quantitative estimate of drug-likeness (QED) is 0.493. The van der Waals surface area contributed by atoms with E-state index in [9.17, 15) is 15.0 Å². The largest absolute Gasteiger partial charge is 1.00 e. The second-order valence-electron chi connectivity index (χ2n) is 3.98. The maximum absolute atomic E-state index is 9.72. The molecule has 0 aliphatic heterocycles. The number of phenols is 1. The van der Waals surface area contributed by atoms with E-state index in [2.05, 4.69) is 6.58 Å². The molecule has 1 heterocycles. The van der Waals surface area contributed by atoms with Gasteiger partial charge in [0, 0.05) is 12.6 Å². The molecular formula is C15H18BrN2O3-. The number of amides is 1. The molecule has 1 aromatic heterocycles. The van der Waals surface area contributed by atoms with Crippen molar-refractivity contribution in [3.8, 4) is 5.75 Å². The standard InChI is InChI=1S/C12H11NO.C3H7NO2.BrH/c1-2-8-13-9-4-6-10-5-3-7-11(14)12(10)13;1-2-4-3(5)6;/h2-7,9H,1,8H2;4H,2H2,1H3,(H,5,6);1H/p-1. The van der Waals surface area contributed by atoms with Gasteiger partial charge in [0.15, 0.2) is 18.5 Å². The van der Waals surface area contributed by atoms with Gasteiger partial charge in [-0.3, -0.25) is 0 Å². The molecule has 114 valence electrons. The van der Waals surface area contributed by atoms with Crippen LogP contribution >= 0.6 is 0 Å². The van der Waals surface area contributed by atoms with E-state index in [0.29, 0.717) is 18.8 Å². The van der Waals surface area contributed by atoms with E-state index in [1.54, 1.807) is 13.0 Å². The molecule has 0 unspecified atom stereocenters. The van der Waals surface area contributed by atoms with E-state index < -0.39 is 6.09 Å².